The highest BCUT2D eigenvalue weighted by molar-refractivity contribution is 6.37. The molecule has 0 fully saturated rings. The summed E-state index contributed by atoms with van der Waals surface area (Å²) < 4.78 is 5.42. The van der Waals surface area contributed by atoms with Gasteiger partial charge >= 0.3 is 0 Å². The van der Waals surface area contributed by atoms with Crippen molar-refractivity contribution >= 4 is 29.1 Å². The summed E-state index contributed by atoms with van der Waals surface area (Å²) in [6.45, 7) is 0.891. The summed E-state index contributed by atoms with van der Waals surface area (Å²) in [4.78, 5) is 12.9. The van der Waals surface area contributed by atoms with Gasteiger partial charge in [0, 0.05) is 33.6 Å². The van der Waals surface area contributed by atoms with Gasteiger partial charge in [-0.15, -0.1) is 0 Å². The molecule has 1 aromatic carbocycles. The van der Waals surface area contributed by atoms with Crippen LogP contribution >= 0.6 is 23.2 Å². The van der Waals surface area contributed by atoms with Crippen molar-refractivity contribution < 1.29 is 14.6 Å². The first kappa shape index (κ1) is 18.0. The van der Waals surface area contributed by atoms with Crippen molar-refractivity contribution in [1.29, 1.82) is 0 Å². The third-order valence-electron chi connectivity index (χ3n) is 2.73. The third kappa shape index (κ3) is 6.52. The molecule has 1 rings (SSSR count). The molecule has 1 atom stereocenters. The number of nitrogens with zero attached hydrogens (tertiary/aromatic N) is 1. The summed E-state index contributed by atoms with van der Waals surface area (Å²) in [5.74, 6) is 0.402. The Kier molecular flexibility index (Phi) is 7.82. The zero-order valence-corrected chi connectivity index (χ0v) is 13.6. The van der Waals surface area contributed by atoms with Crippen LogP contribution in [0.15, 0.2) is 18.2 Å². The predicted molar refractivity (Wildman–Crippen MR) is 84.1 cm³/mol. The molecule has 2 N–H and O–H groups in total. The number of carbonyl (C=O) groups excluding carboxylic acids is 1. The molecule has 0 aliphatic carbocycles. The van der Waals surface area contributed by atoms with Gasteiger partial charge in [-0.3, -0.25) is 4.79 Å². The second-order valence-corrected chi connectivity index (χ2v) is 5.57. The average Bonchev–Trinajstić information content (AvgIpc) is 2.42. The van der Waals surface area contributed by atoms with Crippen molar-refractivity contribution in [3.05, 3.63) is 28.2 Å². The van der Waals surface area contributed by atoms with Crippen molar-refractivity contribution in [3.63, 3.8) is 0 Å². The predicted octanol–water partition coefficient (Wildman–Crippen LogP) is 1.80. The van der Waals surface area contributed by atoms with E-state index in [1.807, 2.05) is 0 Å². The minimum atomic E-state index is -0.716. The molecule has 0 aromatic heterocycles. The molecular weight excluding hydrogens is 315 g/mol. The van der Waals surface area contributed by atoms with Crippen LogP contribution in [-0.2, 0) is 4.79 Å². The van der Waals surface area contributed by atoms with E-state index in [2.05, 4.69) is 5.32 Å². The quantitative estimate of drug-likeness (QED) is 0.711. The number of aliphatic hydroxyl groups is 1. The SMILES string of the molecule is CN(C)C(=O)CCNCC(O)COc1c(Cl)cccc1Cl. The highest BCUT2D eigenvalue weighted by Crippen LogP contribution is 2.32. The molecule has 0 saturated carbocycles. The maximum atomic E-state index is 11.3. The van der Waals surface area contributed by atoms with Crippen molar-refractivity contribution in [1.82, 2.24) is 10.2 Å². The summed E-state index contributed by atoms with van der Waals surface area (Å²) >= 11 is 11.9. The second-order valence-electron chi connectivity index (χ2n) is 4.76. The fourth-order valence-electron chi connectivity index (χ4n) is 1.55. The van der Waals surface area contributed by atoms with E-state index in [-0.39, 0.29) is 12.5 Å². The first-order valence-electron chi connectivity index (χ1n) is 6.57. The highest BCUT2D eigenvalue weighted by Gasteiger charge is 2.10. The molecular formula is C14H20Cl2N2O3. The van der Waals surface area contributed by atoms with Gasteiger partial charge in [0.1, 0.15) is 12.7 Å². The van der Waals surface area contributed by atoms with E-state index < -0.39 is 6.10 Å². The first-order valence-corrected chi connectivity index (χ1v) is 7.33. The fourth-order valence-corrected chi connectivity index (χ4v) is 2.05. The molecule has 1 amide bonds. The van der Waals surface area contributed by atoms with Gasteiger partial charge in [0.05, 0.1) is 10.0 Å². The Morgan fingerprint density at radius 3 is 2.57 bits per heavy atom. The van der Waals surface area contributed by atoms with Crippen LogP contribution in [0.3, 0.4) is 0 Å². The molecule has 1 unspecified atom stereocenters. The maximum Gasteiger partial charge on any atom is 0.223 e. The zero-order valence-electron chi connectivity index (χ0n) is 12.1. The topological polar surface area (TPSA) is 61.8 Å². The number of hydrogen-bond donors (Lipinski definition) is 2. The molecule has 0 heterocycles. The summed E-state index contributed by atoms with van der Waals surface area (Å²) in [5, 5.41) is 13.6. The van der Waals surface area contributed by atoms with Crippen LogP contribution in [0.1, 0.15) is 6.42 Å². The van der Waals surface area contributed by atoms with E-state index in [0.717, 1.165) is 0 Å². The molecule has 21 heavy (non-hydrogen) atoms. The second kappa shape index (κ2) is 9.10. The number of hydrogen-bond acceptors (Lipinski definition) is 4. The molecule has 118 valence electrons. The van der Waals surface area contributed by atoms with Gasteiger partial charge in [-0.1, -0.05) is 29.3 Å². The van der Waals surface area contributed by atoms with Gasteiger partial charge in [-0.2, -0.15) is 0 Å². The summed E-state index contributed by atoms with van der Waals surface area (Å²) in [6, 6.07) is 5.05. The number of aliphatic hydroxyl groups excluding tert-OH is 1. The number of ether oxygens (including phenoxy) is 1. The van der Waals surface area contributed by atoms with E-state index in [1.165, 1.54) is 4.90 Å². The molecule has 0 saturated heterocycles. The lowest BCUT2D eigenvalue weighted by Crippen LogP contribution is -2.34. The number of carbonyl (C=O) groups is 1. The van der Waals surface area contributed by atoms with Crippen LogP contribution in [0.25, 0.3) is 0 Å². The van der Waals surface area contributed by atoms with Crippen molar-refractivity contribution in [3.8, 4) is 5.75 Å². The zero-order chi connectivity index (χ0) is 15.8. The summed E-state index contributed by atoms with van der Waals surface area (Å²) in [5.41, 5.74) is 0. The lowest BCUT2D eigenvalue weighted by Gasteiger charge is -2.15. The van der Waals surface area contributed by atoms with Gasteiger partial charge < -0.3 is 20.1 Å². The molecule has 5 nitrogen and oxygen atoms in total. The Hall–Kier alpha value is -1.01. The molecule has 0 radical (unpaired) electrons. The van der Waals surface area contributed by atoms with Crippen molar-refractivity contribution in [2.45, 2.75) is 12.5 Å². The van der Waals surface area contributed by atoms with Gasteiger partial charge in [0.25, 0.3) is 0 Å². The van der Waals surface area contributed by atoms with E-state index in [9.17, 15) is 9.90 Å². The van der Waals surface area contributed by atoms with Crippen LogP contribution in [0.4, 0.5) is 0 Å². The van der Waals surface area contributed by atoms with E-state index >= 15 is 0 Å². The highest BCUT2D eigenvalue weighted by atomic mass is 35.5. The Morgan fingerprint density at radius 2 is 2.00 bits per heavy atom. The van der Waals surface area contributed by atoms with Gasteiger partial charge in [-0.05, 0) is 12.1 Å². The Bertz CT molecular complexity index is 449. The summed E-state index contributed by atoms with van der Waals surface area (Å²) in [6.07, 6.45) is -0.330. The van der Waals surface area contributed by atoms with Gasteiger partial charge in [0.2, 0.25) is 5.91 Å². The molecule has 0 spiro atoms. The minimum Gasteiger partial charge on any atom is -0.488 e. The third-order valence-corrected chi connectivity index (χ3v) is 3.33. The largest absolute Gasteiger partial charge is 0.488 e. The van der Waals surface area contributed by atoms with E-state index in [4.69, 9.17) is 27.9 Å². The number of amides is 1. The average molecular weight is 335 g/mol. The number of benzene rings is 1. The molecule has 0 aliphatic rings. The molecule has 7 heteroatoms. The van der Waals surface area contributed by atoms with Crippen LogP contribution in [0, 0.1) is 0 Å². The fraction of sp³-hybridized carbons (Fsp3) is 0.500. The molecule has 0 bridgehead atoms. The number of nitrogens with one attached hydrogen (secondary N) is 1. The smallest absolute Gasteiger partial charge is 0.223 e. The van der Waals surface area contributed by atoms with Crippen molar-refractivity contribution in [2.24, 2.45) is 0 Å². The van der Waals surface area contributed by atoms with Crippen LogP contribution in [0.2, 0.25) is 10.0 Å². The Morgan fingerprint density at radius 1 is 1.38 bits per heavy atom. The van der Waals surface area contributed by atoms with Gasteiger partial charge in [0.15, 0.2) is 5.75 Å². The lowest BCUT2D eigenvalue weighted by atomic mass is 10.3. The normalized spacial score (nSPS) is 12.0. The van der Waals surface area contributed by atoms with Gasteiger partial charge in [-0.25, -0.2) is 0 Å². The maximum absolute atomic E-state index is 11.3. The Balaban J connectivity index is 2.25. The molecule has 1 aromatic rings. The Labute approximate surface area is 134 Å². The van der Waals surface area contributed by atoms with Crippen LogP contribution in [-0.4, -0.2) is 55.8 Å². The molecule has 0 aliphatic heterocycles. The van der Waals surface area contributed by atoms with Crippen molar-refractivity contribution in [2.75, 3.05) is 33.8 Å². The minimum absolute atomic E-state index is 0.0380. The first-order chi connectivity index (χ1) is 9.91. The van der Waals surface area contributed by atoms with E-state index in [1.54, 1.807) is 32.3 Å². The lowest BCUT2D eigenvalue weighted by molar-refractivity contribution is -0.128. The van der Waals surface area contributed by atoms with E-state index in [0.29, 0.717) is 35.3 Å². The number of rotatable bonds is 8. The standard InChI is InChI=1S/C14H20Cl2N2O3/c1-18(2)13(20)6-7-17-8-10(19)9-21-14-11(15)4-3-5-12(14)16/h3-5,10,17,19H,6-9H2,1-2H3. The monoisotopic (exact) mass is 334 g/mol. The van der Waals surface area contributed by atoms with Crippen LogP contribution < -0.4 is 10.1 Å². The summed E-state index contributed by atoms with van der Waals surface area (Å²) in [7, 11) is 3.41. The number of halogens is 2. The number of para-hydroxylation sites is 1. The van der Waals surface area contributed by atoms with Crippen LogP contribution in [0.5, 0.6) is 5.75 Å².